The highest BCUT2D eigenvalue weighted by molar-refractivity contribution is 5.32. The van der Waals surface area contributed by atoms with E-state index in [4.69, 9.17) is 4.74 Å². The SMILES string of the molecule is Cc1cc(C)n(CCN[C@H]2CCC[C@@H](Oc3ccccc3C)[C@@H]2O)n1. The van der Waals surface area contributed by atoms with Gasteiger partial charge in [0, 0.05) is 18.3 Å². The molecule has 0 amide bonds. The van der Waals surface area contributed by atoms with Crippen LogP contribution in [0, 0.1) is 20.8 Å². The van der Waals surface area contributed by atoms with Gasteiger partial charge in [-0.15, -0.1) is 0 Å². The molecule has 2 aromatic rings. The van der Waals surface area contributed by atoms with E-state index >= 15 is 0 Å². The second-order valence-corrected chi connectivity index (χ2v) is 7.05. The smallest absolute Gasteiger partial charge is 0.126 e. The van der Waals surface area contributed by atoms with Crippen molar-refractivity contribution in [2.45, 2.75) is 64.8 Å². The predicted molar refractivity (Wildman–Crippen MR) is 98.9 cm³/mol. The third kappa shape index (κ3) is 4.41. The van der Waals surface area contributed by atoms with Crippen molar-refractivity contribution in [3.63, 3.8) is 0 Å². The number of aliphatic hydroxyl groups excluding tert-OH is 1. The first-order valence-corrected chi connectivity index (χ1v) is 9.19. The van der Waals surface area contributed by atoms with E-state index in [1.807, 2.05) is 42.8 Å². The minimum Gasteiger partial charge on any atom is -0.487 e. The van der Waals surface area contributed by atoms with E-state index in [2.05, 4.69) is 23.4 Å². The van der Waals surface area contributed by atoms with Gasteiger partial charge in [0.05, 0.1) is 12.2 Å². The van der Waals surface area contributed by atoms with Crippen LogP contribution in [0.25, 0.3) is 0 Å². The van der Waals surface area contributed by atoms with Gasteiger partial charge in [0.15, 0.2) is 0 Å². The minimum absolute atomic E-state index is 0.0692. The van der Waals surface area contributed by atoms with Gasteiger partial charge in [0.2, 0.25) is 0 Å². The van der Waals surface area contributed by atoms with Gasteiger partial charge in [-0.3, -0.25) is 4.68 Å². The lowest BCUT2D eigenvalue weighted by molar-refractivity contribution is -0.0157. The van der Waals surface area contributed by atoms with Crippen LogP contribution in [0.15, 0.2) is 30.3 Å². The Morgan fingerprint density at radius 2 is 2.04 bits per heavy atom. The number of aromatic nitrogens is 2. The van der Waals surface area contributed by atoms with Crippen molar-refractivity contribution in [3.8, 4) is 5.75 Å². The molecule has 1 fully saturated rings. The number of nitrogens with zero attached hydrogens (tertiary/aromatic N) is 2. The van der Waals surface area contributed by atoms with Crippen molar-refractivity contribution >= 4 is 0 Å². The van der Waals surface area contributed by atoms with Crippen molar-refractivity contribution in [1.82, 2.24) is 15.1 Å². The monoisotopic (exact) mass is 343 g/mol. The molecule has 0 bridgehead atoms. The van der Waals surface area contributed by atoms with Gasteiger partial charge in [0.1, 0.15) is 18.0 Å². The first-order chi connectivity index (χ1) is 12.0. The number of para-hydroxylation sites is 1. The Kier molecular flexibility index (Phi) is 5.76. The van der Waals surface area contributed by atoms with Gasteiger partial charge < -0.3 is 15.2 Å². The van der Waals surface area contributed by atoms with Crippen LogP contribution in [0.1, 0.15) is 36.2 Å². The first-order valence-electron chi connectivity index (χ1n) is 9.19. The number of nitrogens with one attached hydrogen (secondary N) is 1. The molecule has 136 valence electrons. The van der Waals surface area contributed by atoms with Gasteiger partial charge in [-0.05, 0) is 57.7 Å². The molecular formula is C20H29N3O2. The molecule has 0 spiro atoms. The Morgan fingerprint density at radius 3 is 2.76 bits per heavy atom. The summed E-state index contributed by atoms with van der Waals surface area (Å²) < 4.78 is 8.12. The van der Waals surface area contributed by atoms with E-state index in [0.717, 1.165) is 49.4 Å². The van der Waals surface area contributed by atoms with Gasteiger partial charge in [-0.1, -0.05) is 18.2 Å². The number of ether oxygens (including phenoxy) is 1. The standard InChI is InChI=1S/C20H29N3O2/c1-14-7-4-5-9-18(14)25-19-10-6-8-17(20(19)24)21-11-12-23-16(3)13-15(2)22-23/h4-5,7,9,13,17,19-21,24H,6,8,10-12H2,1-3H3/t17-,19+,20+/m0/s1. The van der Waals surface area contributed by atoms with Crippen molar-refractivity contribution in [1.29, 1.82) is 0 Å². The molecule has 1 aromatic carbocycles. The molecule has 5 nitrogen and oxygen atoms in total. The average Bonchev–Trinajstić information content (AvgIpc) is 2.90. The molecule has 3 atom stereocenters. The first kappa shape index (κ1) is 18.0. The fraction of sp³-hybridized carbons (Fsp3) is 0.550. The number of hydrogen-bond donors (Lipinski definition) is 2. The fourth-order valence-electron chi connectivity index (χ4n) is 3.60. The lowest BCUT2D eigenvalue weighted by Gasteiger charge is -2.35. The van der Waals surface area contributed by atoms with Gasteiger partial charge >= 0.3 is 0 Å². The summed E-state index contributed by atoms with van der Waals surface area (Å²) in [7, 11) is 0. The molecule has 1 heterocycles. The zero-order chi connectivity index (χ0) is 17.8. The van der Waals surface area contributed by atoms with E-state index in [-0.39, 0.29) is 12.1 Å². The summed E-state index contributed by atoms with van der Waals surface area (Å²) in [5.74, 6) is 0.870. The molecule has 1 aromatic heterocycles. The summed E-state index contributed by atoms with van der Waals surface area (Å²) in [5, 5.41) is 18.7. The predicted octanol–water partition coefficient (Wildman–Crippen LogP) is 2.76. The van der Waals surface area contributed by atoms with Crippen LogP contribution < -0.4 is 10.1 Å². The Balaban J connectivity index is 1.54. The van der Waals surface area contributed by atoms with E-state index in [9.17, 15) is 5.11 Å². The van der Waals surface area contributed by atoms with E-state index < -0.39 is 6.10 Å². The molecule has 5 heteroatoms. The largest absolute Gasteiger partial charge is 0.487 e. The highest BCUT2D eigenvalue weighted by Gasteiger charge is 2.33. The van der Waals surface area contributed by atoms with Crippen molar-refractivity contribution in [3.05, 3.63) is 47.3 Å². The zero-order valence-electron chi connectivity index (χ0n) is 15.4. The van der Waals surface area contributed by atoms with Crippen LogP contribution in [-0.4, -0.2) is 39.7 Å². The lowest BCUT2D eigenvalue weighted by atomic mass is 9.89. The summed E-state index contributed by atoms with van der Waals surface area (Å²) in [6.07, 6.45) is 2.29. The molecule has 2 N–H and O–H groups in total. The molecule has 1 aliphatic carbocycles. The molecule has 0 saturated heterocycles. The van der Waals surface area contributed by atoms with E-state index in [0.29, 0.717) is 0 Å². The summed E-state index contributed by atoms with van der Waals surface area (Å²) in [6.45, 7) is 7.72. The normalized spacial score (nSPS) is 23.6. The van der Waals surface area contributed by atoms with Crippen LogP contribution in [0.3, 0.4) is 0 Å². The Labute approximate surface area is 150 Å². The second kappa shape index (κ2) is 8.02. The molecule has 3 rings (SSSR count). The van der Waals surface area contributed by atoms with Gasteiger partial charge in [0.25, 0.3) is 0 Å². The Morgan fingerprint density at radius 1 is 1.24 bits per heavy atom. The topological polar surface area (TPSA) is 59.3 Å². The van der Waals surface area contributed by atoms with Gasteiger partial charge in [-0.25, -0.2) is 0 Å². The van der Waals surface area contributed by atoms with E-state index in [1.54, 1.807) is 0 Å². The maximum Gasteiger partial charge on any atom is 0.126 e. The minimum atomic E-state index is -0.492. The molecule has 1 aliphatic rings. The fourth-order valence-corrected chi connectivity index (χ4v) is 3.60. The highest BCUT2D eigenvalue weighted by Crippen LogP contribution is 2.26. The molecule has 0 aliphatic heterocycles. The van der Waals surface area contributed by atoms with Crippen LogP contribution >= 0.6 is 0 Å². The number of rotatable bonds is 6. The third-order valence-corrected chi connectivity index (χ3v) is 5.00. The number of benzene rings is 1. The molecule has 1 saturated carbocycles. The Hall–Kier alpha value is -1.85. The lowest BCUT2D eigenvalue weighted by Crippen LogP contribution is -2.51. The number of aliphatic hydroxyl groups is 1. The van der Waals surface area contributed by atoms with Crippen LogP contribution in [0.2, 0.25) is 0 Å². The summed E-state index contributed by atoms with van der Waals surface area (Å²) >= 11 is 0. The maximum atomic E-state index is 10.7. The maximum absolute atomic E-state index is 10.7. The number of aryl methyl sites for hydroxylation is 3. The highest BCUT2D eigenvalue weighted by atomic mass is 16.5. The van der Waals surface area contributed by atoms with Crippen LogP contribution in [-0.2, 0) is 6.54 Å². The van der Waals surface area contributed by atoms with Gasteiger partial charge in [-0.2, -0.15) is 5.10 Å². The van der Waals surface area contributed by atoms with Crippen molar-refractivity contribution in [2.24, 2.45) is 0 Å². The summed E-state index contributed by atoms with van der Waals surface area (Å²) in [4.78, 5) is 0. The number of hydrogen-bond acceptors (Lipinski definition) is 4. The zero-order valence-corrected chi connectivity index (χ0v) is 15.4. The second-order valence-electron chi connectivity index (χ2n) is 7.05. The quantitative estimate of drug-likeness (QED) is 0.847. The third-order valence-electron chi connectivity index (χ3n) is 5.00. The molecule has 25 heavy (non-hydrogen) atoms. The van der Waals surface area contributed by atoms with E-state index in [1.165, 1.54) is 5.69 Å². The van der Waals surface area contributed by atoms with Crippen LogP contribution in [0.4, 0.5) is 0 Å². The van der Waals surface area contributed by atoms with Crippen LogP contribution in [0.5, 0.6) is 5.75 Å². The molecule has 0 unspecified atom stereocenters. The molecular weight excluding hydrogens is 314 g/mol. The van der Waals surface area contributed by atoms with Crippen molar-refractivity contribution < 1.29 is 9.84 Å². The van der Waals surface area contributed by atoms with Crippen molar-refractivity contribution in [2.75, 3.05) is 6.54 Å². The summed E-state index contributed by atoms with van der Waals surface area (Å²) in [5.41, 5.74) is 3.32. The molecule has 0 radical (unpaired) electrons. The summed E-state index contributed by atoms with van der Waals surface area (Å²) in [6, 6.07) is 10.1. The average molecular weight is 343 g/mol. The Bertz CT molecular complexity index is 698.